The fourth-order valence-corrected chi connectivity index (χ4v) is 3.88. The topological polar surface area (TPSA) is 88.9 Å². The summed E-state index contributed by atoms with van der Waals surface area (Å²) in [5, 5.41) is 15.1. The van der Waals surface area contributed by atoms with Crippen LogP contribution in [0.25, 0.3) is 11.4 Å². The minimum Gasteiger partial charge on any atom is -0.349 e. The fraction of sp³-hybridized carbons (Fsp3) is 0.273. The lowest BCUT2D eigenvalue weighted by molar-refractivity contribution is -0.113. The van der Waals surface area contributed by atoms with Gasteiger partial charge < -0.3 is 15.2 Å². The SMILES string of the molecule is CCn1c(SCC(=O)Nc2ccccc2C(=O)NC2CC2)nnc1-c1ccccc1. The Balaban J connectivity index is 1.41. The number of carbonyl (C=O) groups excluding carboxylic acids is 2. The summed E-state index contributed by atoms with van der Waals surface area (Å²) in [6.07, 6.45) is 2.03. The van der Waals surface area contributed by atoms with Gasteiger partial charge in [0.15, 0.2) is 11.0 Å². The number of aromatic nitrogens is 3. The van der Waals surface area contributed by atoms with Crippen LogP contribution in [0.3, 0.4) is 0 Å². The average molecular weight is 422 g/mol. The second kappa shape index (κ2) is 9.13. The smallest absolute Gasteiger partial charge is 0.253 e. The third kappa shape index (κ3) is 4.71. The summed E-state index contributed by atoms with van der Waals surface area (Å²) < 4.78 is 1.99. The largest absolute Gasteiger partial charge is 0.349 e. The van der Waals surface area contributed by atoms with Gasteiger partial charge >= 0.3 is 0 Å². The summed E-state index contributed by atoms with van der Waals surface area (Å²) in [7, 11) is 0. The highest BCUT2D eigenvalue weighted by Crippen LogP contribution is 2.25. The Labute approximate surface area is 179 Å². The Kier molecular flexibility index (Phi) is 6.13. The Morgan fingerprint density at radius 3 is 2.53 bits per heavy atom. The fourth-order valence-electron chi connectivity index (χ4n) is 3.08. The minimum absolute atomic E-state index is 0.153. The van der Waals surface area contributed by atoms with Crippen molar-refractivity contribution in [1.29, 1.82) is 0 Å². The van der Waals surface area contributed by atoms with Crippen molar-refractivity contribution < 1.29 is 9.59 Å². The van der Waals surface area contributed by atoms with Gasteiger partial charge in [-0.15, -0.1) is 10.2 Å². The highest BCUT2D eigenvalue weighted by Gasteiger charge is 2.25. The van der Waals surface area contributed by atoms with E-state index in [1.54, 1.807) is 24.3 Å². The molecule has 3 aromatic rings. The minimum atomic E-state index is -0.196. The van der Waals surface area contributed by atoms with E-state index in [-0.39, 0.29) is 23.6 Å². The molecule has 0 saturated heterocycles. The van der Waals surface area contributed by atoms with Crippen LogP contribution in [-0.2, 0) is 11.3 Å². The molecule has 1 aliphatic carbocycles. The van der Waals surface area contributed by atoms with E-state index in [2.05, 4.69) is 20.8 Å². The maximum Gasteiger partial charge on any atom is 0.253 e. The van der Waals surface area contributed by atoms with Gasteiger partial charge in [-0.25, -0.2) is 0 Å². The van der Waals surface area contributed by atoms with Gasteiger partial charge in [0.1, 0.15) is 0 Å². The predicted molar refractivity (Wildman–Crippen MR) is 117 cm³/mol. The second-order valence-electron chi connectivity index (χ2n) is 7.05. The van der Waals surface area contributed by atoms with Crippen LogP contribution < -0.4 is 10.6 Å². The summed E-state index contributed by atoms with van der Waals surface area (Å²) in [6.45, 7) is 2.72. The number of benzene rings is 2. The number of amides is 2. The molecule has 0 atom stereocenters. The van der Waals surface area contributed by atoms with Crippen molar-refractivity contribution in [2.45, 2.75) is 37.5 Å². The average Bonchev–Trinajstić information content (AvgIpc) is 3.48. The van der Waals surface area contributed by atoms with Gasteiger partial charge in [-0.2, -0.15) is 0 Å². The van der Waals surface area contributed by atoms with Crippen molar-refractivity contribution in [3.8, 4) is 11.4 Å². The zero-order chi connectivity index (χ0) is 20.9. The molecule has 0 bridgehead atoms. The lowest BCUT2D eigenvalue weighted by Crippen LogP contribution is -2.27. The molecule has 1 aliphatic rings. The molecule has 1 saturated carbocycles. The molecule has 0 radical (unpaired) electrons. The van der Waals surface area contributed by atoms with E-state index in [0.29, 0.717) is 23.0 Å². The van der Waals surface area contributed by atoms with Crippen LogP contribution >= 0.6 is 11.8 Å². The molecule has 2 aromatic carbocycles. The lowest BCUT2D eigenvalue weighted by Gasteiger charge is -2.11. The first-order valence-electron chi connectivity index (χ1n) is 9.97. The number of nitrogens with one attached hydrogen (secondary N) is 2. The molecule has 4 rings (SSSR count). The zero-order valence-corrected chi connectivity index (χ0v) is 17.5. The van der Waals surface area contributed by atoms with Gasteiger partial charge in [0.25, 0.3) is 5.91 Å². The summed E-state index contributed by atoms with van der Waals surface area (Å²) >= 11 is 1.33. The molecule has 1 heterocycles. The van der Waals surface area contributed by atoms with Crippen LogP contribution in [0.2, 0.25) is 0 Å². The van der Waals surface area contributed by atoms with Crippen LogP contribution in [-0.4, -0.2) is 38.4 Å². The van der Waals surface area contributed by atoms with E-state index in [1.165, 1.54) is 11.8 Å². The molecule has 1 fully saturated rings. The highest BCUT2D eigenvalue weighted by atomic mass is 32.2. The molecule has 2 amide bonds. The van der Waals surface area contributed by atoms with Gasteiger partial charge in [0.2, 0.25) is 5.91 Å². The first-order chi connectivity index (χ1) is 14.7. The molecule has 154 valence electrons. The van der Waals surface area contributed by atoms with Crippen LogP contribution in [0.5, 0.6) is 0 Å². The Morgan fingerprint density at radius 2 is 1.80 bits per heavy atom. The second-order valence-corrected chi connectivity index (χ2v) is 7.99. The Morgan fingerprint density at radius 1 is 1.07 bits per heavy atom. The van der Waals surface area contributed by atoms with Crippen LogP contribution in [0, 0.1) is 0 Å². The van der Waals surface area contributed by atoms with Crippen LogP contribution in [0.4, 0.5) is 5.69 Å². The predicted octanol–water partition coefficient (Wildman–Crippen LogP) is 3.59. The first kappa shape index (κ1) is 20.2. The van der Waals surface area contributed by atoms with Crippen LogP contribution in [0.1, 0.15) is 30.1 Å². The number of nitrogens with zero attached hydrogens (tertiary/aromatic N) is 3. The molecular weight excluding hydrogens is 398 g/mol. The normalized spacial score (nSPS) is 13.1. The van der Waals surface area contributed by atoms with Crippen molar-refractivity contribution >= 4 is 29.3 Å². The summed E-state index contributed by atoms with van der Waals surface area (Å²) in [5.74, 6) is 0.604. The molecule has 8 heteroatoms. The van der Waals surface area contributed by atoms with E-state index in [9.17, 15) is 9.59 Å². The number of hydrogen-bond donors (Lipinski definition) is 2. The number of rotatable bonds is 8. The number of hydrogen-bond acceptors (Lipinski definition) is 5. The maximum atomic E-state index is 12.6. The molecular formula is C22H23N5O2S. The molecule has 7 nitrogen and oxygen atoms in total. The number of anilines is 1. The van der Waals surface area contributed by atoms with E-state index < -0.39 is 0 Å². The molecule has 0 unspecified atom stereocenters. The third-order valence-electron chi connectivity index (χ3n) is 4.76. The van der Waals surface area contributed by atoms with Gasteiger partial charge in [-0.1, -0.05) is 54.2 Å². The van der Waals surface area contributed by atoms with Crippen LogP contribution in [0.15, 0.2) is 59.8 Å². The van der Waals surface area contributed by atoms with Crippen molar-refractivity contribution in [3.05, 3.63) is 60.2 Å². The summed E-state index contributed by atoms with van der Waals surface area (Å²) in [5.41, 5.74) is 1.98. The molecule has 30 heavy (non-hydrogen) atoms. The van der Waals surface area contributed by atoms with Crippen molar-refractivity contribution in [2.75, 3.05) is 11.1 Å². The number of carbonyl (C=O) groups is 2. The zero-order valence-electron chi connectivity index (χ0n) is 16.7. The van der Waals surface area contributed by atoms with E-state index >= 15 is 0 Å². The highest BCUT2D eigenvalue weighted by molar-refractivity contribution is 7.99. The van der Waals surface area contributed by atoms with E-state index in [0.717, 1.165) is 24.2 Å². The van der Waals surface area contributed by atoms with Crippen molar-refractivity contribution in [2.24, 2.45) is 0 Å². The van der Waals surface area contributed by atoms with Gasteiger partial charge in [-0.05, 0) is 31.9 Å². The number of para-hydroxylation sites is 1. The quantitative estimate of drug-likeness (QED) is 0.543. The first-order valence-corrected chi connectivity index (χ1v) is 11.0. The maximum absolute atomic E-state index is 12.6. The molecule has 0 spiro atoms. The monoisotopic (exact) mass is 421 g/mol. The molecule has 2 N–H and O–H groups in total. The standard InChI is InChI=1S/C22H23N5O2S/c1-2-27-20(15-8-4-3-5-9-15)25-26-22(27)30-14-19(28)24-18-11-7-6-10-17(18)21(29)23-16-12-13-16/h3-11,16H,2,12-14H2,1H3,(H,23,29)(H,24,28). The molecule has 1 aromatic heterocycles. The Bertz CT molecular complexity index is 1050. The van der Waals surface area contributed by atoms with Gasteiger partial charge in [0, 0.05) is 18.2 Å². The van der Waals surface area contributed by atoms with E-state index in [4.69, 9.17) is 0 Å². The third-order valence-corrected chi connectivity index (χ3v) is 5.72. The summed E-state index contributed by atoms with van der Waals surface area (Å²) in [6, 6.07) is 17.2. The van der Waals surface area contributed by atoms with Crippen molar-refractivity contribution in [1.82, 2.24) is 20.1 Å². The lowest BCUT2D eigenvalue weighted by atomic mass is 10.1. The van der Waals surface area contributed by atoms with E-state index in [1.807, 2.05) is 41.8 Å². The number of thioether (sulfide) groups is 1. The van der Waals surface area contributed by atoms with Gasteiger partial charge in [-0.3, -0.25) is 9.59 Å². The van der Waals surface area contributed by atoms with Crippen molar-refractivity contribution in [3.63, 3.8) is 0 Å². The summed E-state index contributed by atoms with van der Waals surface area (Å²) in [4.78, 5) is 25.0. The van der Waals surface area contributed by atoms with Gasteiger partial charge in [0.05, 0.1) is 17.0 Å². The Hall–Kier alpha value is -3.13. The molecule has 0 aliphatic heterocycles.